The number of phenols is 1. The summed E-state index contributed by atoms with van der Waals surface area (Å²) in [4.78, 5) is 0. The second-order valence-electron chi connectivity index (χ2n) is 9.20. The third-order valence-electron chi connectivity index (χ3n) is 7.32. The molecule has 0 radical (unpaired) electrons. The molecule has 1 aromatic carbocycles. The second-order valence-corrected chi connectivity index (χ2v) is 9.20. The first kappa shape index (κ1) is 17.7. The Morgan fingerprint density at radius 3 is 2.72 bits per heavy atom. The largest absolute Gasteiger partial charge is 0.507 e. The first-order valence-corrected chi connectivity index (χ1v) is 10.9. The van der Waals surface area contributed by atoms with Crippen LogP contribution in [0.15, 0.2) is 12.1 Å². The average Bonchev–Trinajstić information content (AvgIpc) is 3.12. The van der Waals surface area contributed by atoms with Gasteiger partial charge in [0.15, 0.2) is 5.82 Å². The highest BCUT2D eigenvalue weighted by Crippen LogP contribution is 2.50. The zero-order valence-electron chi connectivity index (χ0n) is 16.6. The number of rotatable bonds is 3. The lowest BCUT2D eigenvalue weighted by Crippen LogP contribution is -2.31. The maximum Gasteiger partial charge on any atom is 0.154 e. The molecule has 0 unspecified atom stereocenters. The SMILES string of the molecule is Oc1c(-c2nnc(N[C@@H]3CCC[C@H]3O)c3c2CC2(CC2)OC3)ccc2c1CCC2. The molecular formula is C23H27N3O3. The van der Waals surface area contributed by atoms with E-state index in [1.54, 1.807) is 0 Å². The number of aryl methyl sites for hydroxylation is 1. The molecule has 1 aromatic heterocycles. The van der Waals surface area contributed by atoms with Crippen molar-refractivity contribution < 1.29 is 14.9 Å². The average molecular weight is 393 g/mol. The lowest BCUT2D eigenvalue weighted by Gasteiger charge is -2.29. The number of phenolic OH excluding ortho intramolecular Hbond substituents is 1. The number of benzene rings is 1. The fourth-order valence-electron chi connectivity index (χ4n) is 5.37. The van der Waals surface area contributed by atoms with E-state index in [9.17, 15) is 10.2 Å². The molecule has 3 aliphatic carbocycles. The van der Waals surface area contributed by atoms with Crippen molar-refractivity contribution in [1.29, 1.82) is 0 Å². The van der Waals surface area contributed by atoms with E-state index in [4.69, 9.17) is 4.74 Å². The van der Waals surface area contributed by atoms with Gasteiger partial charge >= 0.3 is 0 Å². The number of aromatic nitrogens is 2. The summed E-state index contributed by atoms with van der Waals surface area (Å²) in [6.45, 7) is 0.509. The van der Waals surface area contributed by atoms with Crippen LogP contribution in [0, 0.1) is 0 Å². The van der Waals surface area contributed by atoms with Crippen LogP contribution in [0.1, 0.15) is 60.8 Å². The molecule has 6 rings (SSSR count). The molecule has 29 heavy (non-hydrogen) atoms. The summed E-state index contributed by atoms with van der Waals surface area (Å²) in [5.74, 6) is 1.10. The standard InChI is InChI=1S/C23H27N3O3/c27-19-6-2-5-18(19)24-22-17-12-29-23(9-10-23)11-16(17)20(25-26-22)15-8-7-13-3-1-4-14(13)21(15)28/h7-8,18-19,27-28H,1-6,9-12H2,(H,24,26)/t18-,19-/m1/s1. The van der Waals surface area contributed by atoms with Crippen LogP contribution in [-0.4, -0.2) is 38.2 Å². The van der Waals surface area contributed by atoms with E-state index in [0.717, 1.165) is 91.6 Å². The Morgan fingerprint density at radius 2 is 1.93 bits per heavy atom. The molecule has 1 spiro atoms. The van der Waals surface area contributed by atoms with Gasteiger partial charge in [-0.15, -0.1) is 10.2 Å². The molecule has 2 atom stereocenters. The molecule has 2 fully saturated rings. The van der Waals surface area contributed by atoms with Crippen molar-refractivity contribution in [1.82, 2.24) is 10.2 Å². The Balaban J connectivity index is 1.45. The lowest BCUT2D eigenvalue weighted by atomic mass is 9.92. The molecular weight excluding hydrogens is 366 g/mol. The van der Waals surface area contributed by atoms with Crippen molar-refractivity contribution in [3.05, 3.63) is 34.4 Å². The number of hydrogen-bond acceptors (Lipinski definition) is 6. The normalized spacial score (nSPS) is 26.4. The predicted molar refractivity (Wildman–Crippen MR) is 109 cm³/mol. The van der Waals surface area contributed by atoms with Gasteiger partial charge in [0, 0.05) is 17.5 Å². The fraction of sp³-hybridized carbons (Fsp3) is 0.565. The minimum absolute atomic E-state index is 0.0180. The minimum atomic E-state index is -0.341. The van der Waals surface area contributed by atoms with Crippen molar-refractivity contribution >= 4 is 5.82 Å². The zero-order chi connectivity index (χ0) is 19.6. The van der Waals surface area contributed by atoms with Gasteiger partial charge in [-0.2, -0.15) is 0 Å². The topological polar surface area (TPSA) is 87.5 Å². The number of ether oxygens (including phenoxy) is 1. The smallest absolute Gasteiger partial charge is 0.154 e. The maximum atomic E-state index is 11.0. The molecule has 6 nitrogen and oxygen atoms in total. The van der Waals surface area contributed by atoms with Crippen LogP contribution in [0.2, 0.25) is 0 Å². The summed E-state index contributed by atoms with van der Waals surface area (Å²) in [6.07, 6.45) is 8.48. The number of nitrogens with zero attached hydrogens (tertiary/aromatic N) is 2. The van der Waals surface area contributed by atoms with E-state index in [1.165, 1.54) is 5.56 Å². The summed E-state index contributed by atoms with van der Waals surface area (Å²) < 4.78 is 6.20. The van der Waals surface area contributed by atoms with E-state index >= 15 is 0 Å². The summed E-state index contributed by atoms with van der Waals surface area (Å²) in [7, 11) is 0. The molecule has 2 aromatic rings. The third kappa shape index (κ3) is 2.84. The van der Waals surface area contributed by atoms with Gasteiger partial charge in [-0.05, 0) is 74.1 Å². The number of nitrogens with one attached hydrogen (secondary N) is 1. The Kier molecular flexibility index (Phi) is 3.90. The van der Waals surface area contributed by atoms with E-state index in [2.05, 4.69) is 21.6 Å². The molecule has 4 aliphatic rings. The van der Waals surface area contributed by atoms with Crippen LogP contribution in [0.3, 0.4) is 0 Å². The van der Waals surface area contributed by atoms with E-state index < -0.39 is 0 Å². The van der Waals surface area contributed by atoms with Crippen molar-refractivity contribution in [2.24, 2.45) is 0 Å². The summed E-state index contributed by atoms with van der Waals surface area (Å²) >= 11 is 0. The maximum absolute atomic E-state index is 11.0. The molecule has 2 saturated carbocycles. The van der Waals surface area contributed by atoms with Crippen LogP contribution in [-0.2, 0) is 30.6 Å². The van der Waals surface area contributed by atoms with Gasteiger partial charge in [0.1, 0.15) is 11.4 Å². The first-order valence-electron chi connectivity index (χ1n) is 10.9. The summed E-state index contributed by atoms with van der Waals surface area (Å²) in [6, 6.07) is 4.16. The highest BCUT2D eigenvalue weighted by atomic mass is 16.5. The third-order valence-corrected chi connectivity index (χ3v) is 7.32. The van der Waals surface area contributed by atoms with Crippen molar-refractivity contribution in [2.45, 2.75) is 82.1 Å². The molecule has 3 N–H and O–H groups in total. The van der Waals surface area contributed by atoms with Gasteiger partial charge in [0.2, 0.25) is 0 Å². The Morgan fingerprint density at radius 1 is 1.03 bits per heavy atom. The first-order chi connectivity index (χ1) is 14.1. The zero-order valence-corrected chi connectivity index (χ0v) is 16.6. The molecule has 6 heteroatoms. The van der Waals surface area contributed by atoms with Crippen LogP contribution >= 0.6 is 0 Å². The number of fused-ring (bicyclic) bond motifs is 2. The number of anilines is 1. The minimum Gasteiger partial charge on any atom is -0.507 e. The molecule has 0 saturated heterocycles. The number of hydrogen-bond donors (Lipinski definition) is 3. The van der Waals surface area contributed by atoms with Gasteiger partial charge in [0.25, 0.3) is 0 Å². The van der Waals surface area contributed by atoms with Crippen molar-refractivity contribution in [3.8, 4) is 17.0 Å². The molecule has 0 amide bonds. The second kappa shape index (κ2) is 6.41. The van der Waals surface area contributed by atoms with Crippen LogP contribution in [0.25, 0.3) is 11.3 Å². The van der Waals surface area contributed by atoms with Crippen LogP contribution in [0.5, 0.6) is 5.75 Å². The number of aliphatic hydroxyl groups excluding tert-OH is 1. The Labute approximate surface area is 170 Å². The van der Waals surface area contributed by atoms with Crippen LogP contribution < -0.4 is 5.32 Å². The molecule has 0 bridgehead atoms. The molecule has 2 heterocycles. The van der Waals surface area contributed by atoms with Gasteiger partial charge in [-0.25, -0.2) is 0 Å². The molecule has 1 aliphatic heterocycles. The van der Waals surface area contributed by atoms with Gasteiger partial charge in [-0.1, -0.05) is 6.07 Å². The van der Waals surface area contributed by atoms with Crippen molar-refractivity contribution in [3.63, 3.8) is 0 Å². The monoisotopic (exact) mass is 393 g/mol. The van der Waals surface area contributed by atoms with E-state index in [1.807, 2.05) is 6.07 Å². The van der Waals surface area contributed by atoms with Gasteiger partial charge in [0.05, 0.1) is 24.4 Å². The number of aromatic hydroxyl groups is 1. The Bertz CT molecular complexity index is 986. The predicted octanol–water partition coefficient (Wildman–Crippen LogP) is 3.27. The van der Waals surface area contributed by atoms with Crippen LogP contribution in [0.4, 0.5) is 5.82 Å². The quantitative estimate of drug-likeness (QED) is 0.742. The van der Waals surface area contributed by atoms with Gasteiger partial charge in [-0.3, -0.25) is 0 Å². The highest BCUT2D eigenvalue weighted by Gasteiger charge is 2.48. The van der Waals surface area contributed by atoms with Gasteiger partial charge < -0.3 is 20.3 Å². The lowest BCUT2D eigenvalue weighted by molar-refractivity contribution is 0.00828. The highest BCUT2D eigenvalue weighted by molar-refractivity contribution is 5.75. The van der Waals surface area contributed by atoms with Crippen molar-refractivity contribution in [2.75, 3.05) is 5.32 Å². The summed E-state index contributed by atoms with van der Waals surface area (Å²) in [5, 5.41) is 33.8. The summed E-state index contributed by atoms with van der Waals surface area (Å²) in [5.41, 5.74) is 6.03. The number of aliphatic hydroxyl groups is 1. The fourth-order valence-corrected chi connectivity index (χ4v) is 5.37. The Hall–Kier alpha value is -2.18. The van der Waals surface area contributed by atoms with E-state index in [-0.39, 0.29) is 17.7 Å². The van der Waals surface area contributed by atoms with E-state index in [0.29, 0.717) is 12.4 Å². The molecule has 152 valence electrons.